The largest absolute Gasteiger partial charge is 0.508 e. The van der Waals surface area contributed by atoms with Crippen LogP contribution in [-0.2, 0) is 5.41 Å². The maximum atomic E-state index is 9.96. The van der Waals surface area contributed by atoms with Gasteiger partial charge in [0.1, 0.15) is 11.5 Å². The van der Waals surface area contributed by atoms with Crippen molar-refractivity contribution in [3.63, 3.8) is 0 Å². The minimum atomic E-state index is 0.0410. The quantitative estimate of drug-likeness (QED) is 0.791. The van der Waals surface area contributed by atoms with Crippen molar-refractivity contribution in [1.29, 1.82) is 0 Å². The molecule has 2 aromatic carbocycles. The van der Waals surface area contributed by atoms with Gasteiger partial charge in [-0.05, 0) is 40.8 Å². The average molecular weight is 242 g/mol. The van der Waals surface area contributed by atoms with Gasteiger partial charge in [-0.25, -0.2) is 0 Å². The summed E-state index contributed by atoms with van der Waals surface area (Å²) in [6.07, 6.45) is 0. The Hall–Kier alpha value is -1.96. The first kappa shape index (κ1) is 12.5. The summed E-state index contributed by atoms with van der Waals surface area (Å²) in [7, 11) is 0. The van der Waals surface area contributed by atoms with Crippen molar-refractivity contribution in [2.45, 2.75) is 26.2 Å². The fraction of sp³-hybridized carbons (Fsp3) is 0.250. The molecule has 0 spiro atoms. The van der Waals surface area contributed by atoms with Crippen molar-refractivity contribution in [2.75, 3.05) is 0 Å². The van der Waals surface area contributed by atoms with Gasteiger partial charge in [-0.2, -0.15) is 0 Å². The van der Waals surface area contributed by atoms with E-state index in [2.05, 4.69) is 20.8 Å². The maximum Gasteiger partial charge on any atom is 0.123 e. The van der Waals surface area contributed by atoms with Gasteiger partial charge in [0.15, 0.2) is 0 Å². The molecule has 2 heteroatoms. The summed E-state index contributed by atoms with van der Waals surface area (Å²) in [6, 6.07) is 12.5. The molecule has 0 heterocycles. The molecule has 0 aliphatic carbocycles. The second kappa shape index (κ2) is 4.37. The Morgan fingerprint density at radius 2 is 1.44 bits per heavy atom. The highest BCUT2D eigenvalue weighted by atomic mass is 16.3. The molecule has 2 nitrogen and oxygen atoms in total. The van der Waals surface area contributed by atoms with Crippen LogP contribution in [0.2, 0.25) is 0 Å². The van der Waals surface area contributed by atoms with Gasteiger partial charge < -0.3 is 10.2 Å². The first-order valence-corrected chi connectivity index (χ1v) is 6.01. The zero-order chi connectivity index (χ0) is 13.3. The van der Waals surface area contributed by atoms with Gasteiger partial charge in [-0.1, -0.05) is 39.0 Å². The van der Waals surface area contributed by atoms with Gasteiger partial charge in [0.05, 0.1) is 0 Å². The fourth-order valence-electron chi connectivity index (χ4n) is 1.87. The van der Waals surface area contributed by atoms with Gasteiger partial charge >= 0.3 is 0 Å². The van der Waals surface area contributed by atoms with Gasteiger partial charge in [0.2, 0.25) is 0 Å². The SMILES string of the molecule is CC(C)(C)c1ccc(O)c(-c2ccc(O)cc2)c1. The summed E-state index contributed by atoms with van der Waals surface area (Å²) in [6.45, 7) is 6.42. The summed E-state index contributed by atoms with van der Waals surface area (Å²) < 4.78 is 0. The summed E-state index contributed by atoms with van der Waals surface area (Å²) >= 11 is 0. The van der Waals surface area contributed by atoms with E-state index >= 15 is 0 Å². The third-order valence-electron chi connectivity index (χ3n) is 3.04. The molecule has 0 atom stereocenters. The van der Waals surface area contributed by atoms with E-state index in [1.807, 2.05) is 12.1 Å². The molecule has 0 amide bonds. The van der Waals surface area contributed by atoms with E-state index < -0.39 is 0 Å². The molecular weight excluding hydrogens is 224 g/mol. The summed E-state index contributed by atoms with van der Waals surface area (Å²) in [5, 5.41) is 19.3. The van der Waals surface area contributed by atoms with Crippen molar-refractivity contribution >= 4 is 0 Å². The topological polar surface area (TPSA) is 40.5 Å². The van der Waals surface area contributed by atoms with E-state index in [1.165, 1.54) is 5.56 Å². The number of phenolic OH excluding ortho intramolecular Hbond substituents is 2. The second-order valence-corrected chi connectivity index (χ2v) is 5.53. The van der Waals surface area contributed by atoms with Crippen molar-refractivity contribution in [2.24, 2.45) is 0 Å². The van der Waals surface area contributed by atoms with Crippen LogP contribution in [-0.4, -0.2) is 10.2 Å². The molecule has 2 aromatic rings. The lowest BCUT2D eigenvalue weighted by molar-refractivity contribution is 0.473. The zero-order valence-corrected chi connectivity index (χ0v) is 10.9. The van der Waals surface area contributed by atoms with Crippen molar-refractivity contribution in [1.82, 2.24) is 0 Å². The predicted molar refractivity (Wildman–Crippen MR) is 73.9 cm³/mol. The minimum absolute atomic E-state index is 0.0410. The second-order valence-electron chi connectivity index (χ2n) is 5.53. The Kier molecular flexibility index (Phi) is 3.04. The van der Waals surface area contributed by atoms with Crippen LogP contribution in [0.15, 0.2) is 42.5 Å². The minimum Gasteiger partial charge on any atom is -0.508 e. The van der Waals surface area contributed by atoms with E-state index in [0.29, 0.717) is 0 Å². The molecule has 0 bridgehead atoms. The fourth-order valence-corrected chi connectivity index (χ4v) is 1.87. The van der Waals surface area contributed by atoms with E-state index in [-0.39, 0.29) is 16.9 Å². The summed E-state index contributed by atoms with van der Waals surface area (Å²) in [4.78, 5) is 0. The molecule has 0 aliphatic heterocycles. The van der Waals surface area contributed by atoms with Crippen LogP contribution in [0.5, 0.6) is 11.5 Å². The van der Waals surface area contributed by atoms with Crippen LogP contribution in [0.4, 0.5) is 0 Å². The lowest BCUT2D eigenvalue weighted by atomic mass is 9.85. The monoisotopic (exact) mass is 242 g/mol. The summed E-state index contributed by atoms with van der Waals surface area (Å²) in [5.41, 5.74) is 2.90. The molecule has 0 aromatic heterocycles. The highest BCUT2D eigenvalue weighted by Gasteiger charge is 2.16. The first-order valence-electron chi connectivity index (χ1n) is 6.01. The molecule has 0 aliphatic rings. The van der Waals surface area contributed by atoms with E-state index in [9.17, 15) is 10.2 Å². The lowest BCUT2D eigenvalue weighted by Crippen LogP contribution is -2.10. The van der Waals surface area contributed by atoms with Crippen LogP contribution < -0.4 is 0 Å². The molecule has 0 fully saturated rings. The first-order chi connectivity index (χ1) is 8.38. The van der Waals surface area contributed by atoms with E-state index in [1.54, 1.807) is 30.3 Å². The molecule has 2 N–H and O–H groups in total. The van der Waals surface area contributed by atoms with Crippen LogP contribution in [0.3, 0.4) is 0 Å². The van der Waals surface area contributed by atoms with Crippen LogP contribution in [0.1, 0.15) is 26.3 Å². The van der Waals surface area contributed by atoms with Crippen molar-refractivity contribution < 1.29 is 10.2 Å². The van der Waals surface area contributed by atoms with Gasteiger partial charge in [-0.15, -0.1) is 0 Å². The third kappa shape index (κ3) is 2.48. The molecule has 18 heavy (non-hydrogen) atoms. The van der Waals surface area contributed by atoms with Crippen LogP contribution in [0, 0.1) is 0 Å². The molecule has 0 radical (unpaired) electrons. The van der Waals surface area contributed by atoms with Crippen molar-refractivity contribution in [3.8, 4) is 22.6 Å². The van der Waals surface area contributed by atoms with Crippen LogP contribution >= 0.6 is 0 Å². The number of benzene rings is 2. The molecule has 94 valence electrons. The van der Waals surface area contributed by atoms with Crippen LogP contribution in [0.25, 0.3) is 11.1 Å². The number of aromatic hydroxyl groups is 2. The molecule has 2 rings (SSSR count). The third-order valence-corrected chi connectivity index (χ3v) is 3.04. The molecule has 0 saturated heterocycles. The standard InChI is InChI=1S/C16H18O2/c1-16(2,3)12-6-9-15(18)14(10-12)11-4-7-13(17)8-5-11/h4-10,17-18H,1-3H3. The maximum absolute atomic E-state index is 9.96. The van der Waals surface area contributed by atoms with Gasteiger partial charge in [0, 0.05) is 5.56 Å². The Morgan fingerprint density at radius 3 is 2.00 bits per heavy atom. The summed E-state index contributed by atoms with van der Waals surface area (Å²) in [5.74, 6) is 0.485. The number of rotatable bonds is 1. The Bertz CT molecular complexity index is 548. The van der Waals surface area contributed by atoms with Crippen molar-refractivity contribution in [3.05, 3.63) is 48.0 Å². The lowest BCUT2D eigenvalue weighted by Gasteiger charge is -2.20. The molecule has 0 saturated carbocycles. The van der Waals surface area contributed by atoms with Gasteiger partial charge in [-0.3, -0.25) is 0 Å². The normalized spacial score (nSPS) is 11.5. The molecule has 0 unspecified atom stereocenters. The predicted octanol–water partition coefficient (Wildman–Crippen LogP) is 4.06. The zero-order valence-electron chi connectivity index (χ0n) is 10.9. The Balaban J connectivity index is 2.53. The Labute approximate surface area is 108 Å². The molecular formula is C16H18O2. The smallest absolute Gasteiger partial charge is 0.123 e. The number of hydrogen-bond acceptors (Lipinski definition) is 2. The highest BCUT2D eigenvalue weighted by molar-refractivity contribution is 5.71. The number of phenols is 2. The Morgan fingerprint density at radius 1 is 0.833 bits per heavy atom. The van der Waals surface area contributed by atoms with E-state index in [0.717, 1.165) is 11.1 Å². The average Bonchev–Trinajstić information content (AvgIpc) is 2.29. The van der Waals surface area contributed by atoms with E-state index in [4.69, 9.17) is 0 Å². The highest BCUT2D eigenvalue weighted by Crippen LogP contribution is 2.34. The number of hydrogen-bond donors (Lipinski definition) is 2. The van der Waals surface area contributed by atoms with Gasteiger partial charge in [0.25, 0.3) is 0 Å².